The first kappa shape index (κ1) is 28.0. The van der Waals surface area contributed by atoms with Gasteiger partial charge in [-0.15, -0.1) is 0 Å². The summed E-state index contributed by atoms with van der Waals surface area (Å²) in [5.41, 5.74) is -1.84. The van der Waals surface area contributed by atoms with Crippen molar-refractivity contribution in [2.75, 3.05) is 11.9 Å². The molecule has 0 saturated carbocycles. The number of alkyl halides is 6. The number of aromatic nitrogens is 1. The number of ether oxygens (including phenoxy) is 2. The molecule has 0 aliphatic carbocycles. The van der Waals surface area contributed by atoms with Crippen LogP contribution in [0.4, 0.5) is 32.0 Å². The quantitative estimate of drug-likeness (QED) is 0.217. The average Bonchev–Trinajstić information content (AvgIpc) is 3.28. The minimum Gasteiger partial charge on any atom is -0.456 e. The predicted octanol–water partition coefficient (Wildman–Crippen LogP) is 8.28. The van der Waals surface area contributed by atoms with Crippen molar-refractivity contribution >= 4 is 22.5 Å². The van der Waals surface area contributed by atoms with Crippen molar-refractivity contribution in [3.63, 3.8) is 0 Å². The summed E-state index contributed by atoms with van der Waals surface area (Å²) in [6.07, 6.45) is -8.72. The van der Waals surface area contributed by atoms with E-state index in [0.717, 1.165) is 11.1 Å². The van der Waals surface area contributed by atoms with Crippen molar-refractivity contribution in [3.05, 3.63) is 89.1 Å². The minimum absolute atomic E-state index is 0.0344. The third-order valence-electron chi connectivity index (χ3n) is 5.86. The predicted molar refractivity (Wildman–Crippen MR) is 134 cm³/mol. The first-order chi connectivity index (χ1) is 18.3. The molecule has 0 aliphatic rings. The van der Waals surface area contributed by atoms with Crippen molar-refractivity contribution in [2.24, 2.45) is 0 Å². The Bertz CT molecular complexity index is 1420. The first-order valence-electron chi connectivity index (χ1n) is 11.9. The van der Waals surface area contributed by atoms with Crippen molar-refractivity contribution in [1.29, 1.82) is 0 Å². The van der Waals surface area contributed by atoms with E-state index >= 15 is 0 Å². The van der Waals surface area contributed by atoms with E-state index < -0.39 is 47.4 Å². The number of benzene rings is 3. The van der Waals surface area contributed by atoms with Crippen LogP contribution in [0.15, 0.2) is 66.9 Å². The van der Waals surface area contributed by atoms with E-state index in [4.69, 9.17) is 9.47 Å². The maximum atomic E-state index is 14.0. The van der Waals surface area contributed by atoms with Crippen LogP contribution in [-0.2, 0) is 28.5 Å². The van der Waals surface area contributed by atoms with Gasteiger partial charge in [0.05, 0.1) is 6.61 Å². The molecular formula is C28H24F6N2O3. The van der Waals surface area contributed by atoms with Crippen LogP contribution in [0.3, 0.4) is 0 Å². The van der Waals surface area contributed by atoms with E-state index in [1.165, 1.54) is 18.2 Å². The fourth-order valence-corrected chi connectivity index (χ4v) is 4.05. The molecule has 0 saturated heterocycles. The van der Waals surface area contributed by atoms with E-state index in [1.54, 1.807) is 36.5 Å². The zero-order valence-electron chi connectivity index (χ0n) is 20.8. The molecule has 4 rings (SSSR count). The highest BCUT2D eigenvalue weighted by atomic mass is 19.4. The molecule has 4 aromatic rings. The number of hydrogen-bond acceptors (Lipinski definition) is 3. The monoisotopic (exact) mass is 550 g/mol. The lowest BCUT2D eigenvalue weighted by atomic mass is 10.0. The fourth-order valence-electron chi connectivity index (χ4n) is 4.05. The molecule has 0 atom stereocenters. The third-order valence-corrected chi connectivity index (χ3v) is 5.86. The van der Waals surface area contributed by atoms with Gasteiger partial charge in [0.15, 0.2) is 5.75 Å². The number of aromatic amines is 1. The standard InChI is InChI=1S/C28H24F6N2O3/c1-16(2)21-13-35-24-9-8-19(12-20(21)24)39-26-22(27(29,30)31)10-18(11-23(26)28(32,33)34)36-25(37)15-38-14-17-6-4-3-5-7-17/h3-13,16,35H,14-15H2,1-2H3,(H,36,37). The normalized spacial score (nSPS) is 12.2. The van der Waals surface area contributed by atoms with Gasteiger partial charge in [-0.1, -0.05) is 44.2 Å². The highest BCUT2D eigenvalue weighted by molar-refractivity contribution is 5.92. The number of hydrogen-bond donors (Lipinski definition) is 2. The Morgan fingerprint density at radius 3 is 2.15 bits per heavy atom. The lowest BCUT2D eigenvalue weighted by Gasteiger charge is -2.21. The highest BCUT2D eigenvalue weighted by Gasteiger charge is 2.43. The zero-order chi connectivity index (χ0) is 28.4. The molecule has 0 unspecified atom stereocenters. The smallest absolute Gasteiger partial charge is 0.420 e. The molecule has 11 heteroatoms. The van der Waals surface area contributed by atoms with Crippen LogP contribution in [0, 0.1) is 0 Å². The van der Waals surface area contributed by atoms with Gasteiger partial charge in [-0.2, -0.15) is 26.3 Å². The Kier molecular flexibility index (Phi) is 7.91. The Morgan fingerprint density at radius 2 is 1.56 bits per heavy atom. The third kappa shape index (κ3) is 6.72. The molecule has 1 aromatic heterocycles. The van der Waals surface area contributed by atoms with E-state index in [9.17, 15) is 31.1 Å². The lowest BCUT2D eigenvalue weighted by Crippen LogP contribution is -2.20. The molecule has 5 nitrogen and oxygen atoms in total. The molecular weight excluding hydrogens is 526 g/mol. The topological polar surface area (TPSA) is 63.3 Å². The van der Waals surface area contributed by atoms with Crippen LogP contribution in [0.2, 0.25) is 0 Å². The molecule has 1 heterocycles. The van der Waals surface area contributed by atoms with Crippen LogP contribution >= 0.6 is 0 Å². The van der Waals surface area contributed by atoms with Crippen LogP contribution < -0.4 is 10.1 Å². The molecule has 1 amide bonds. The largest absolute Gasteiger partial charge is 0.456 e. The Morgan fingerprint density at radius 1 is 0.923 bits per heavy atom. The summed E-state index contributed by atoms with van der Waals surface area (Å²) in [7, 11) is 0. The number of fused-ring (bicyclic) bond motifs is 1. The number of anilines is 1. The summed E-state index contributed by atoms with van der Waals surface area (Å²) in [6, 6.07) is 13.8. The van der Waals surface area contributed by atoms with Crippen LogP contribution in [0.1, 0.15) is 42.0 Å². The van der Waals surface area contributed by atoms with Crippen molar-refractivity contribution in [1.82, 2.24) is 4.98 Å². The fraction of sp³-hybridized carbons (Fsp3) is 0.250. The molecule has 0 fully saturated rings. The van der Waals surface area contributed by atoms with Crippen LogP contribution in [-0.4, -0.2) is 17.5 Å². The minimum atomic E-state index is -5.22. The summed E-state index contributed by atoms with van der Waals surface area (Å²) < 4.78 is 94.6. The Balaban J connectivity index is 1.65. The van der Waals surface area contributed by atoms with E-state index in [2.05, 4.69) is 10.3 Å². The number of H-pyrrole nitrogens is 1. The van der Waals surface area contributed by atoms with E-state index in [0.29, 0.717) is 23.0 Å². The maximum absolute atomic E-state index is 14.0. The van der Waals surface area contributed by atoms with Crippen LogP contribution in [0.5, 0.6) is 11.5 Å². The van der Waals surface area contributed by atoms with E-state index in [1.807, 2.05) is 13.8 Å². The van der Waals surface area contributed by atoms with Gasteiger partial charge in [-0.25, -0.2) is 0 Å². The second-order valence-electron chi connectivity index (χ2n) is 9.13. The molecule has 0 aliphatic heterocycles. The summed E-state index contributed by atoms with van der Waals surface area (Å²) in [5.74, 6) is -2.48. The number of carbonyl (C=O) groups excluding carboxylic acids is 1. The van der Waals surface area contributed by atoms with Gasteiger partial charge >= 0.3 is 12.4 Å². The van der Waals surface area contributed by atoms with Gasteiger partial charge in [0.1, 0.15) is 23.5 Å². The second kappa shape index (κ2) is 11.0. The Labute approximate surface area is 219 Å². The summed E-state index contributed by atoms with van der Waals surface area (Å²) >= 11 is 0. The highest BCUT2D eigenvalue weighted by Crippen LogP contribution is 2.47. The van der Waals surface area contributed by atoms with Gasteiger partial charge in [0, 0.05) is 22.8 Å². The van der Waals surface area contributed by atoms with Crippen molar-refractivity contribution < 1.29 is 40.6 Å². The Hall–Kier alpha value is -3.99. The molecule has 2 N–H and O–H groups in total. The molecule has 206 valence electrons. The number of rotatable bonds is 8. The van der Waals surface area contributed by atoms with Gasteiger partial charge in [-0.3, -0.25) is 4.79 Å². The molecule has 0 spiro atoms. The molecule has 0 bridgehead atoms. The first-order valence-corrected chi connectivity index (χ1v) is 11.9. The van der Waals surface area contributed by atoms with Gasteiger partial charge in [-0.05, 0) is 47.4 Å². The number of nitrogens with one attached hydrogen (secondary N) is 2. The van der Waals surface area contributed by atoms with Gasteiger partial charge in [0.25, 0.3) is 0 Å². The molecule has 3 aromatic carbocycles. The SMILES string of the molecule is CC(C)c1c[nH]c2ccc(Oc3c(C(F)(F)F)cc(NC(=O)COCc4ccccc4)cc3C(F)(F)F)cc12. The zero-order valence-corrected chi connectivity index (χ0v) is 20.8. The summed E-state index contributed by atoms with van der Waals surface area (Å²) in [5, 5.41) is 2.68. The number of amides is 1. The van der Waals surface area contributed by atoms with Crippen molar-refractivity contribution in [3.8, 4) is 11.5 Å². The lowest BCUT2D eigenvalue weighted by molar-refractivity contribution is -0.145. The van der Waals surface area contributed by atoms with Crippen molar-refractivity contribution in [2.45, 2.75) is 38.7 Å². The maximum Gasteiger partial charge on any atom is 0.420 e. The van der Waals surface area contributed by atoms with Gasteiger partial charge < -0.3 is 19.8 Å². The van der Waals surface area contributed by atoms with Gasteiger partial charge in [0.2, 0.25) is 5.91 Å². The second-order valence-corrected chi connectivity index (χ2v) is 9.13. The van der Waals surface area contributed by atoms with E-state index in [-0.39, 0.29) is 18.3 Å². The molecule has 39 heavy (non-hydrogen) atoms. The molecule has 0 radical (unpaired) electrons. The summed E-state index contributed by atoms with van der Waals surface area (Å²) in [4.78, 5) is 15.3. The summed E-state index contributed by atoms with van der Waals surface area (Å²) in [6.45, 7) is 3.26. The number of halogens is 6. The van der Waals surface area contributed by atoms with Crippen LogP contribution in [0.25, 0.3) is 10.9 Å². The average molecular weight is 550 g/mol. The number of carbonyl (C=O) groups is 1.